The molecule has 0 unspecified atom stereocenters. The average Bonchev–Trinajstić information content (AvgIpc) is 2.70. The predicted octanol–water partition coefficient (Wildman–Crippen LogP) is 1.51. The van der Waals surface area contributed by atoms with Crippen molar-refractivity contribution in [2.24, 2.45) is 0 Å². The highest BCUT2D eigenvalue weighted by atomic mass is 16.3. The first kappa shape index (κ1) is 9.73. The second-order valence-corrected chi connectivity index (χ2v) is 3.44. The van der Waals surface area contributed by atoms with Crippen molar-refractivity contribution in [3.8, 4) is 5.69 Å². The Hall–Kier alpha value is -1.81. The molecule has 0 aliphatic rings. The lowest BCUT2D eigenvalue weighted by Gasteiger charge is -2.09. The van der Waals surface area contributed by atoms with Crippen LogP contribution < -0.4 is 5.73 Å². The summed E-state index contributed by atoms with van der Waals surface area (Å²) in [7, 11) is 0. The number of nitrogens with zero attached hydrogens (tertiary/aromatic N) is 2. The van der Waals surface area contributed by atoms with E-state index in [1.54, 1.807) is 23.9 Å². The quantitative estimate of drug-likeness (QED) is 0.727. The third-order valence-corrected chi connectivity index (χ3v) is 2.29. The van der Waals surface area contributed by atoms with Gasteiger partial charge < -0.3 is 10.8 Å². The molecule has 1 atom stereocenters. The van der Waals surface area contributed by atoms with Gasteiger partial charge in [-0.25, -0.2) is 4.68 Å². The van der Waals surface area contributed by atoms with Gasteiger partial charge >= 0.3 is 0 Å². The maximum absolute atomic E-state index is 9.39. The zero-order chi connectivity index (χ0) is 10.8. The van der Waals surface area contributed by atoms with Crippen molar-refractivity contribution >= 4 is 5.69 Å². The molecule has 2 rings (SSSR count). The van der Waals surface area contributed by atoms with Crippen LogP contribution in [0.3, 0.4) is 0 Å². The van der Waals surface area contributed by atoms with Crippen molar-refractivity contribution in [1.29, 1.82) is 0 Å². The summed E-state index contributed by atoms with van der Waals surface area (Å²) in [6.07, 6.45) is 3.02. The smallest absolute Gasteiger partial charge is 0.0874 e. The van der Waals surface area contributed by atoms with Crippen LogP contribution in [0.2, 0.25) is 0 Å². The Kier molecular flexibility index (Phi) is 2.43. The van der Waals surface area contributed by atoms with Crippen LogP contribution in [-0.4, -0.2) is 14.9 Å². The van der Waals surface area contributed by atoms with Crippen LogP contribution in [0, 0.1) is 0 Å². The number of anilines is 1. The summed E-state index contributed by atoms with van der Waals surface area (Å²) in [5.74, 6) is 0. The summed E-state index contributed by atoms with van der Waals surface area (Å²) >= 11 is 0. The fraction of sp³-hybridized carbons (Fsp3) is 0.182. The summed E-state index contributed by atoms with van der Waals surface area (Å²) in [5, 5.41) is 13.5. The largest absolute Gasteiger partial charge is 0.397 e. The Morgan fingerprint density at radius 2 is 2.27 bits per heavy atom. The monoisotopic (exact) mass is 203 g/mol. The first-order valence-corrected chi connectivity index (χ1v) is 4.76. The Morgan fingerprint density at radius 1 is 1.47 bits per heavy atom. The molecular formula is C11H13N3O. The van der Waals surface area contributed by atoms with Gasteiger partial charge in [0.05, 0.1) is 17.5 Å². The van der Waals surface area contributed by atoms with E-state index < -0.39 is 6.10 Å². The zero-order valence-corrected chi connectivity index (χ0v) is 8.46. The molecule has 0 saturated heterocycles. The lowest BCUT2D eigenvalue weighted by Crippen LogP contribution is -2.02. The summed E-state index contributed by atoms with van der Waals surface area (Å²) in [6.45, 7) is 1.71. The molecule has 2 aromatic rings. The van der Waals surface area contributed by atoms with E-state index >= 15 is 0 Å². The van der Waals surface area contributed by atoms with Crippen molar-refractivity contribution in [2.45, 2.75) is 13.0 Å². The van der Waals surface area contributed by atoms with Crippen LogP contribution in [-0.2, 0) is 0 Å². The van der Waals surface area contributed by atoms with Crippen molar-refractivity contribution in [2.75, 3.05) is 5.73 Å². The molecule has 0 amide bonds. The van der Waals surface area contributed by atoms with Gasteiger partial charge in [0.15, 0.2) is 0 Å². The molecule has 78 valence electrons. The number of aliphatic hydroxyl groups excluding tert-OH is 1. The van der Waals surface area contributed by atoms with Crippen LogP contribution in [0.4, 0.5) is 5.69 Å². The molecule has 0 fully saturated rings. The molecule has 0 spiro atoms. The summed E-state index contributed by atoms with van der Waals surface area (Å²) in [5.41, 5.74) is 8.12. The second-order valence-electron chi connectivity index (χ2n) is 3.44. The van der Waals surface area contributed by atoms with Gasteiger partial charge in [0.2, 0.25) is 0 Å². The van der Waals surface area contributed by atoms with E-state index in [2.05, 4.69) is 5.10 Å². The minimum absolute atomic E-state index is 0.501. The van der Waals surface area contributed by atoms with Gasteiger partial charge in [-0.2, -0.15) is 5.10 Å². The topological polar surface area (TPSA) is 64.1 Å². The SMILES string of the molecule is C[C@H](O)c1ccc(-n2cccn2)c(N)c1. The van der Waals surface area contributed by atoms with E-state index in [4.69, 9.17) is 5.73 Å². The van der Waals surface area contributed by atoms with Crippen LogP contribution >= 0.6 is 0 Å². The number of hydrogen-bond donors (Lipinski definition) is 2. The maximum atomic E-state index is 9.39. The highest BCUT2D eigenvalue weighted by Gasteiger charge is 2.06. The number of nitrogen functional groups attached to an aromatic ring is 1. The maximum Gasteiger partial charge on any atom is 0.0874 e. The highest BCUT2D eigenvalue weighted by Crippen LogP contribution is 2.21. The molecule has 1 aromatic carbocycles. The molecule has 0 aliphatic carbocycles. The Morgan fingerprint density at radius 3 is 2.80 bits per heavy atom. The van der Waals surface area contributed by atoms with Crippen LogP contribution in [0.25, 0.3) is 5.69 Å². The predicted molar refractivity (Wildman–Crippen MR) is 58.6 cm³/mol. The molecule has 1 heterocycles. The molecule has 4 nitrogen and oxygen atoms in total. The van der Waals surface area contributed by atoms with E-state index in [0.717, 1.165) is 11.3 Å². The minimum atomic E-state index is -0.501. The lowest BCUT2D eigenvalue weighted by molar-refractivity contribution is 0.199. The van der Waals surface area contributed by atoms with Crippen LogP contribution in [0.1, 0.15) is 18.6 Å². The van der Waals surface area contributed by atoms with Crippen molar-refractivity contribution in [1.82, 2.24) is 9.78 Å². The number of hydrogen-bond acceptors (Lipinski definition) is 3. The Labute approximate surface area is 88.0 Å². The molecule has 0 saturated carbocycles. The lowest BCUT2D eigenvalue weighted by atomic mass is 10.1. The van der Waals surface area contributed by atoms with Gasteiger partial charge in [0, 0.05) is 12.4 Å². The second kappa shape index (κ2) is 3.74. The van der Waals surface area contributed by atoms with Gasteiger partial charge in [-0.05, 0) is 30.7 Å². The van der Waals surface area contributed by atoms with Gasteiger partial charge in [0.25, 0.3) is 0 Å². The highest BCUT2D eigenvalue weighted by molar-refractivity contribution is 5.59. The zero-order valence-electron chi connectivity index (χ0n) is 8.46. The number of rotatable bonds is 2. The Bertz CT molecular complexity index is 449. The first-order chi connectivity index (χ1) is 7.18. The molecule has 0 radical (unpaired) electrons. The molecule has 15 heavy (non-hydrogen) atoms. The summed E-state index contributed by atoms with van der Waals surface area (Å²) in [6, 6.07) is 7.30. The van der Waals surface area contributed by atoms with Gasteiger partial charge in [-0.3, -0.25) is 0 Å². The molecular weight excluding hydrogens is 190 g/mol. The fourth-order valence-electron chi connectivity index (χ4n) is 1.45. The van der Waals surface area contributed by atoms with E-state index in [-0.39, 0.29) is 0 Å². The molecule has 1 aromatic heterocycles. The number of benzene rings is 1. The minimum Gasteiger partial charge on any atom is -0.397 e. The Balaban J connectivity index is 2.44. The van der Waals surface area contributed by atoms with Crippen LogP contribution in [0.15, 0.2) is 36.7 Å². The molecule has 4 heteroatoms. The van der Waals surface area contributed by atoms with Crippen molar-refractivity contribution < 1.29 is 5.11 Å². The van der Waals surface area contributed by atoms with Crippen LogP contribution in [0.5, 0.6) is 0 Å². The third kappa shape index (κ3) is 1.85. The van der Waals surface area contributed by atoms with E-state index in [1.807, 2.05) is 24.4 Å². The van der Waals surface area contributed by atoms with Gasteiger partial charge in [-0.1, -0.05) is 6.07 Å². The first-order valence-electron chi connectivity index (χ1n) is 4.76. The normalized spacial score (nSPS) is 12.7. The van der Waals surface area contributed by atoms with Crippen molar-refractivity contribution in [3.63, 3.8) is 0 Å². The van der Waals surface area contributed by atoms with E-state index in [9.17, 15) is 5.11 Å². The average molecular weight is 203 g/mol. The molecule has 0 bridgehead atoms. The summed E-state index contributed by atoms with van der Waals surface area (Å²) in [4.78, 5) is 0. The van der Waals surface area contributed by atoms with Gasteiger partial charge in [0.1, 0.15) is 0 Å². The number of aromatic nitrogens is 2. The standard InChI is InChI=1S/C11H13N3O/c1-8(15)9-3-4-11(10(12)7-9)14-6-2-5-13-14/h2-8,15H,12H2,1H3/t8-/m0/s1. The van der Waals surface area contributed by atoms with E-state index in [1.165, 1.54) is 0 Å². The van der Waals surface area contributed by atoms with E-state index in [0.29, 0.717) is 5.69 Å². The van der Waals surface area contributed by atoms with Crippen molar-refractivity contribution in [3.05, 3.63) is 42.2 Å². The number of aliphatic hydroxyl groups is 1. The third-order valence-electron chi connectivity index (χ3n) is 2.29. The summed E-state index contributed by atoms with van der Waals surface area (Å²) < 4.78 is 1.70. The van der Waals surface area contributed by atoms with Gasteiger partial charge in [-0.15, -0.1) is 0 Å². The molecule has 0 aliphatic heterocycles. The fourth-order valence-corrected chi connectivity index (χ4v) is 1.45. The molecule has 3 N–H and O–H groups in total. The number of nitrogens with two attached hydrogens (primary N) is 1.